The lowest BCUT2D eigenvalue weighted by molar-refractivity contribution is -0.164. The van der Waals surface area contributed by atoms with E-state index in [1.54, 1.807) is 60.7 Å². The van der Waals surface area contributed by atoms with Crippen molar-refractivity contribution in [2.75, 3.05) is 0 Å². The van der Waals surface area contributed by atoms with Crippen LogP contribution in [0, 0.1) is 11.8 Å². The number of hydrogen-bond acceptors (Lipinski definition) is 7. The van der Waals surface area contributed by atoms with Crippen molar-refractivity contribution in [3.05, 3.63) is 71.8 Å². The van der Waals surface area contributed by atoms with Gasteiger partial charge in [-0.1, -0.05) is 60.7 Å². The topological polar surface area (TPSA) is 96.0 Å². The highest BCUT2D eigenvalue weighted by Gasteiger charge is 2.54. The fraction of sp³-hybridized carbons (Fsp3) is 0.200. The molecule has 0 N–H and O–H groups in total. The van der Waals surface area contributed by atoms with Crippen molar-refractivity contribution in [1.82, 2.24) is 0 Å². The van der Waals surface area contributed by atoms with Crippen LogP contribution in [0.3, 0.4) is 0 Å². The van der Waals surface area contributed by atoms with Crippen LogP contribution in [0.5, 0.6) is 0 Å². The van der Waals surface area contributed by atoms with Gasteiger partial charge in [0.15, 0.2) is 11.8 Å². The van der Waals surface area contributed by atoms with E-state index in [0.29, 0.717) is 11.1 Å². The second kappa shape index (κ2) is 8.27. The zero-order valence-corrected chi connectivity index (χ0v) is 14.2. The predicted octanol–water partition coefficient (Wildman–Crippen LogP) is 1.79. The molecule has 0 aromatic heterocycles. The smallest absolute Gasteiger partial charge is 0.329 e. The van der Waals surface area contributed by atoms with E-state index >= 15 is 0 Å². The Morgan fingerprint density at radius 3 is 1.44 bits per heavy atom. The van der Waals surface area contributed by atoms with Crippen molar-refractivity contribution in [2.45, 2.75) is 13.2 Å². The highest BCUT2D eigenvalue weighted by atomic mass is 16.6. The van der Waals surface area contributed by atoms with Gasteiger partial charge in [0.05, 0.1) is 0 Å². The average Bonchev–Trinajstić information content (AvgIpc) is 3.00. The lowest BCUT2D eigenvalue weighted by Crippen LogP contribution is -2.34. The molecule has 1 heterocycles. The maximum absolute atomic E-state index is 12.3. The van der Waals surface area contributed by atoms with Gasteiger partial charge in [-0.05, 0) is 11.1 Å². The Labute approximate surface area is 154 Å². The summed E-state index contributed by atoms with van der Waals surface area (Å²) in [5.41, 5.74) is 1.40. The first-order valence-electron chi connectivity index (χ1n) is 8.23. The Hall–Kier alpha value is -3.48. The summed E-state index contributed by atoms with van der Waals surface area (Å²) in [6.45, 7) is -0.188. The Balaban J connectivity index is 1.65. The van der Waals surface area contributed by atoms with Crippen LogP contribution in [-0.4, -0.2) is 23.9 Å². The van der Waals surface area contributed by atoms with Gasteiger partial charge in [0.25, 0.3) is 0 Å². The van der Waals surface area contributed by atoms with Crippen LogP contribution in [0.2, 0.25) is 0 Å². The molecule has 0 spiro atoms. The Morgan fingerprint density at radius 1 is 0.704 bits per heavy atom. The molecule has 27 heavy (non-hydrogen) atoms. The van der Waals surface area contributed by atoms with Gasteiger partial charge in [-0.25, -0.2) is 0 Å². The molecule has 7 heteroatoms. The van der Waals surface area contributed by atoms with E-state index in [1.165, 1.54) is 0 Å². The second-order valence-electron chi connectivity index (χ2n) is 5.88. The molecule has 1 fully saturated rings. The maximum atomic E-state index is 12.3. The molecular formula is C20H16O7. The largest absolute Gasteiger partial charge is 0.460 e. The third-order valence-electron chi connectivity index (χ3n) is 4.00. The molecular weight excluding hydrogens is 352 g/mol. The standard InChI is InChI=1S/C20H16O7/c21-17(25-11-13-7-3-1-4-8-13)15-16(20(24)27-19(15)23)18(22)26-12-14-9-5-2-6-10-14/h1-10,15-16H,11-12H2. The number of rotatable bonds is 6. The van der Waals surface area contributed by atoms with E-state index in [4.69, 9.17) is 9.47 Å². The first-order chi connectivity index (χ1) is 13.1. The lowest BCUT2D eigenvalue weighted by Gasteiger charge is -2.13. The van der Waals surface area contributed by atoms with Crippen molar-refractivity contribution < 1.29 is 33.4 Å². The molecule has 1 aliphatic rings. The maximum Gasteiger partial charge on any atom is 0.329 e. The summed E-state index contributed by atoms with van der Waals surface area (Å²) >= 11 is 0. The van der Waals surface area contributed by atoms with Gasteiger partial charge >= 0.3 is 23.9 Å². The average molecular weight is 368 g/mol. The van der Waals surface area contributed by atoms with Crippen molar-refractivity contribution in [2.24, 2.45) is 11.8 Å². The van der Waals surface area contributed by atoms with Gasteiger partial charge in [0.2, 0.25) is 0 Å². The number of esters is 4. The molecule has 0 bridgehead atoms. The molecule has 3 rings (SSSR count). The van der Waals surface area contributed by atoms with Gasteiger partial charge in [-0.2, -0.15) is 0 Å². The Kier molecular flexibility index (Phi) is 5.61. The van der Waals surface area contributed by atoms with E-state index in [1.807, 2.05) is 0 Å². The first-order valence-corrected chi connectivity index (χ1v) is 8.23. The molecule has 0 saturated carbocycles. The molecule has 7 nitrogen and oxygen atoms in total. The highest BCUT2D eigenvalue weighted by molar-refractivity contribution is 6.15. The number of carbonyl (C=O) groups is 4. The Morgan fingerprint density at radius 2 is 1.07 bits per heavy atom. The van der Waals surface area contributed by atoms with Crippen LogP contribution < -0.4 is 0 Å². The van der Waals surface area contributed by atoms with E-state index < -0.39 is 35.7 Å². The highest BCUT2D eigenvalue weighted by Crippen LogP contribution is 2.27. The minimum atomic E-state index is -1.66. The number of carbonyl (C=O) groups excluding carboxylic acids is 4. The fourth-order valence-electron chi connectivity index (χ4n) is 2.60. The number of ether oxygens (including phenoxy) is 3. The van der Waals surface area contributed by atoms with Gasteiger partial charge in [0.1, 0.15) is 13.2 Å². The van der Waals surface area contributed by atoms with Crippen LogP contribution in [0.4, 0.5) is 0 Å². The monoisotopic (exact) mass is 368 g/mol. The van der Waals surface area contributed by atoms with E-state index in [9.17, 15) is 19.2 Å². The minimum absolute atomic E-state index is 0.0938. The second-order valence-corrected chi connectivity index (χ2v) is 5.88. The summed E-state index contributed by atoms with van der Waals surface area (Å²) < 4.78 is 14.6. The quantitative estimate of drug-likeness (QED) is 0.436. The number of benzene rings is 2. The summed E-state index contributed by atoms with van der Waals surface area (Å²) in [5.74, 6) is -7.55. The van der Waals surface area contributed by atoms with Gasteiger partial charge < -0.3 is 14.2 Å². The molecule has 2 aromatic rings. The van der Waals surface area contributed by atoms with Crippen LogP contribution in [0.1, 0.15) is 11.1 Å². The summed E-state index contributed by atoms with van der Waals surface area (Å²) in [4.78, 5) is 48.3. The van der Waals surface area contributed by atoms with E-state index in [2.05, 4.69) is 4.74 Å². The summed E-state index contributed by atoms with van der Waals surface area (Å²) in [6, 6.07) is 17.6. The third-order valence-corrected chi connectivity index (χ3v) is 4.00. The summed E-state index contributed by atoms with van der Waals surface area (Å²) in [6.07, 6.45) is 0. The molecule has 0 radical (unpaired) electrons. The van der Waals surface area contributed by atoms with Crippen LogP contribution in [-0.2, 0) is 46.6 Å². The molecule has 1 saturated heterocycles. The zero-order chi connectivity index (χ0) is 19.2. The first kappa shape index (κ1) is 18.3. The Bertz CT molecular complexity index is 774. The number of cyclic esters (lactones) is 2. The molecule has 2 unspecified atom stereocenters. The fourth-order valence-corrected chi connectivity index (χ4v) is 2.60. The molecule has 2 atom stereocenters. The van der Waals surface area contributed by atoms with Gasteiger partial charge in [-0.15, -0.1) is 0 Å². The van der Waals surface area contributed by atoms with Crippen LogP contribution >= 0.6 is 0 Å². The van der Waals surface area contributed by atoms with Crippen LogP contribution in [0.15, 0.2) is 60.7 Å². The summed E-state index contributed by atoms with van der Waals surface area (Å²) in [5, 5.41) is 0. The van der Waals surface area contributed by atoms with Gasteiger partial charge in [0, 0.05) is 0 Å². The lowest BCUT2D eigenvalue weighted by atomic mass is 9.95. The third kappa shape index (κ3) is 4.38. The molecule has 0 amide bonds. The van der Waals surface area contributed by atoms with Crippen molar-refractivity contribution in [3.8, 4) is 0 Å². The normalized spacial score (nSPS) is 18.7. The SMILES string of the molecule is O=C(OCc1ccccc1)C1C(=O)OC(=O)C1C(=O)OCc1ccccc1. The van der Waals surface area contributed by atoms with E-state index in [-0.39, 0.29) is 13.2 Å². The minimum Gasteiger partial charge on any atom is -0.460 e. The van der Waals surface area contributed by atoms with E-state index in [0.717, 1.165) is 0 Å². The molecule has 2 aromatic carbocycles. The van der Waals surface area contributed by atoms with Crippen molar-refractivity contribution >= 4 is 23.9 Å². The number of hydrogen-bond donors (Lipinski definition) is 0. The zero-order valence-electron chi connectivity index (χ0n) is 14.2. The predicted molar refractivity (Wildman–Crippen MR) is 90.6 cm³/mol. The molecule has 0 aliphatic carbocycles. The van der Waals surface area contributed by atoms with Crippen molar-refractivity contribution in [3.63, 3.8) is 0 Å². The molecule has 138 valence electrons. The molecule has 1 aliphatic heterocycles. The van der Waals surface area contributed by atoms with Crippen LogP contribution in [0.25, 0.3) is 0 Å². The van der Waals surface area contributed by atoms with Crippen molar-refractivity contribution in [1.29, 1.82) is 0 Å². The van der Waals surface area contributed by atoms with Gasteiger partial charge in [-0.3, -0.25) is 19.2 Å². The summed E-state index contributed by atoms with van der Waals surface area (Å²) in [7, 11) is 0.